The first-order valence-corrected chi connectivity index (χ1v) is 44.2. The van der Waals surface area contributed by atoms with E-state index in [1.54, 1.807) is 46.4 Å². The van der Waals surface area contributed by atoms with E-state index in [9.17, 15) is 45.0 Å². The molecule has 4 aromatic heterocycles. The van der Waals surface area contributed by atoms with Gasteiger partial charge in [0, 0.05) is 31.9 Å². The summed E-state index contributed by atoms with van der Waals surface area (Å²) in [7, 11) is 1.23. The van der Waals surface area contributed by atoms with E-state index in [0.717, 1.165) is 34.0 Å². The van der Waals surface area contributed by atoms with Crippen LogP contribution >= 0.6 is 69.9 Å². The fourth-order valence-corrected chi connectivity index (χ4v) is 13.6. The van der Waals surface area contributed by atoms with E-state index in [2.05, 4.69) is 150 Å². The molecular formula is C95H110Cl4N12O16S2. The number of ether oxygens (including phenoxy) is 11. The van der Waals surface area contributed by atoms with Crippen molar-refractivity contribution in [1.82, 2.24) is 39.1 Å². The molecule has 34 heteroatoms. The number of aryl methyl sites for hydroxylation is 8. The van der Waals surface area contributed by atoms with E-state index < -0.39 is 49.3 Å². The predicted octanol–water partition coefficient (Wildman–Crippen LogP) is 23.2. The van der Waals surface area contributed by atoms with Crippen LogP contribution in [0.1, 0.15) is 208 Å². The van der Waals surface area contributed by atoms with E-state index in [1.165, 1.54) is 13.2 Å². The Labute approximate surface area is 783 Å². The molecule has 0 aliphatic carbocycles. The topological polar surface area (TPSA) is 353 Å². The second-order valence-corrected chi connectivity index (χ2v) is 35.5. The Morgan fingerprint density at radius 2 is 0.651 bits per heavy atom. The molecule has 0 bridgehead atoms. The number of carbonyl (C=O) groups excluding carboxylic acids is 5. The van der Waals surface area contributed by atoms with Gasteiger partial charge in [-0.05, 0) is 145 Å². The number of benzene rings is 4. The Bertz CT molecular complexity index is 5610. The Morgan fingerprint density at radius 1 is 0.403 bits per heavy atom. The van der Waals surface area contributed by atoms with Gasteiger partial charge in [-0.2, -0.15) is 41.4 Å². The normalized spacial score (nSPS) is 11.9. The van der Waals surface area contributed by atoms with Gasteiger partial charge in [-0.3, -0.25) is 23.5 Å². The zero-order chi connectivity index (χ0) is 96.4. The summed E-state index contributed by atoms with van der Waals surface area (Å²) in [6, 6.07) is 39.4. The van der Waals surface area contributed by atoms with Crippen molar-refractivity contribution in [2.45, 2.75) is 193 Å². The molecule has 8 rings (SSSR count). The molecule has 686 valence electrons. The van der Waals surface area contributed by atoms with Crippen molar-refractivity contribution in [3.05, 3.63) is 220 Å². The first-order valence-electron chi connectivity index (χ1n) is 40.7. The van der Waals surface area contributed by atoms with Gasteiger partial charge in [0.1, 0.15) is 81.7 Å². The Hall–Kier alpha value is -12.1. The molecule has 0 radical (unpaired) electrons. The smallest absolute Gasteiger partial charge is 0.468 e. The molecule has 4 aromatic carbocycles. The average molecular weight is 1880 g/mol. The molecule has 0 N–H and O–H groups in total. The first-order chi connectivity index (χ1) is 60.9. The molecule has 4 heterocycles. The minimum atomic E-state index is -0.985. The van der Waals surface area contributed by atoms with Crippen LogP contribution in [0, 0.1) is 85.4 Å². The molecule has 0 amide bonds. The summed E-state index contributed by atoms with van der Waals surface area (Å²) in [6.45, 7) is 45.3. The van der Waals surface area contributed by atoms with Gasteiger partial charge in [-0.1, -0.05) is 252 Å². The lowest BCUT2D eigenvalue weighted by Gasteiger charge is -2.19. The Kier molecular flexibility index (Phi) is 42.2. The maximum absolute atomic E-state index is 11.9. The molecule has 0 atom stereocenters. The number of halogens is 4. The highest BCUT2D eigenvalue weighted by molar-refractivity contribution is 8.13. The van der Waals surface area contributed by atoms with Gasteiger partial charge in [-0.15, -0.1) is 6.42 Å². The number of thioether (sulfide) groups is 2. The number of allylic oxidation sites excluding steroid dienone is 4. The lowest BCUT2D eigenvalue weighted by Crippen LogP contribution is -2.13. The molecule has 8 aromatic rings. The van der Waals surface area contributed by atoms with E-state index >= 15 is 0 Å². The lowest BCUT2D eigenvalue weighted by molar-refractivity contribution is -0.137. The average Bonchev–Trinajstić information content (AvgIpc) is 1.69. The third-order valence-corrected chi connectivity index (χ3v) is 21.9. The number of nitriles is 4. The number of nitrogens with zero attached hydrogens (tertiary/aromatic N) is 12. The van der Waals surface area contributed by atoms with Gasteiger partial charge in [0.15, 0.2) is 29.6 Å². The molecule has 0 saturated heterocycles. The molecule has 28 nitrogen and oxygen atoms in total. The minimum Gasteiger partial charge on any atom is -0.468 e. The van der Waals surface area contributed by atoms with E-state index in [1.807, 2.05) is 132 Å². The van der Waals surface area contributed by atoms with Crippen LogP contribution in [0.5, 0.6) is 0 Å². The van der Waals surface area contributed by atoms with Gasteiger partial charge in [0.2, 0.25) is 27.2 Å². The van der Waals surface area contributed by atoms with E-state index in [4.69, 9.17) is 95.5 Å². The third-order valence-electron chi connectivity index (χ3n) is 18.7. The van der Waals surface area contributed by atoms with Crippen LogP contribution in [0.15, 0.2) is 110 Å². The molecule has 0 unspecified atom stereocenters. The highest BCUT2D eigenvalue weighted by atomic mass is 35.5. The van der Waals surface area contributed by atoms with Crippen molar-refractivity contribution in [3.63, 3.8) is 0 Å². The van der Waals surface area contributed by atoms with Crippen molar-refractivity contribution in [3.8, 4) is 36.6 Å². The quantitative estimate of drug-likeness (QED) is 0.00767. The largest absolute Gasteiger partial charge is 0.512 e. The van der Waals surface area contributed by atoms with Gasteiger partial charge in [0.05, 0.1) is 50.0 Å². The van der Waals surface area contributed by atoms with Gasteiger partial charge in [0.25, 0.3) is 0 Å². The number of hydrogen-bond acceptors (Lipinski definition) is 26. The van der Waals surface area contributed by atoms with Gasteiger partial charge in [-0.25, -0.2) is 19.2 Å². The summed E-state index contributed by atoms with van der Waals surface area (Å²) in [5.41, 5.74) is 12.0. The number of terminal acetylenes is 1. The molecule has 129 heavy (non-hydrogen) atoms. The number of hydrogen-bond donors (Lipinski definition) is 0. The molecule has 0 aliphatic heterocycles. The van der Waals surface area contributed by atoms with E-state index in [0.29, 0.717) is 132 Å². The zero-order valence-corrected chi connectivity index (χ0v) is 81.5. The van der Waals surface area contributed by atoms with Crippen LogP contribution in [-0.2, 0) is 105 Å². The van der Waals surface area contributed by atoms with Crippen molar-refractivity contribution >= 4 is 144 Å². The maximum Gasteiger partial charge on any atom is 0.512 e. The van der Waals surface area contributed by atoms with E-state index in [-0.39, 0.29) is 92.7 Å². The summed E-state index contributed by atoms with van der Waals surface area (Å²) in [4.78, 5) is 58.2. The molecular weight excluding hydrogens is 1770 g/mol. The predicted molar refractivity (Wildman–Crippen MR) is 504 cm³/mol. The van der Waals surface area contributed by atoms with Gasteiger partial charge >= 0.3 is 28.9 Å². The van der Waals surface area contributed by atoms with Crippen LogP contribution < -0.4 is 0 Å². The summed E-state index contributed by atoms with van der Waals surface area (Å²) < 4.78 is 63.8. The first kappa shape index (κ1) is 107. The number of carbonyl (C=O) groups is 5. The second-order valence-electron chi connectivity index (χ2n) is 31.8. The second kappa shape index (κ2) is 50.6. The van der Waals surface area contributed by atoms with Gasteiger partial charge < -0.3 is 52.1 Å². The summed E-state index contributed by atoms with van der Waals surface area (Å²) in [6.07, 6.45) is 4.58. The van der Waals surface area contributed by atoms with Crippen molar-refractivity contribution in [1.29, 1.82) is 21.0 Å². The Morgan fingerprint density at radius 3 is 0.868 bits per heavy atom. The number of methoxy groups -OCH3 is 1. The third kappa shape index (κ3) is 30.6. The highest BCUT2D eigenvalue weighted by Gasteiger charge is 2.31. The SMILES string of the molecule is C#CCOC(=O)OCO/C(=C(/C#N)c1ccc(C(C)(C)C)cc1)c1c(Cl)c(C)nn1CC.C=CCOC(=O)OCO/C(=C(/C#N)c1ccc(C(C)(C)C)cc1)c1c(Cl)c(C)nn1CC.CCSC(=O)OCO/C(=C(/C#N)c1ccc(C(C)(C)C)cc1)c1c(Cl)c(C)nn1CC.CCn1nc(C)c(Cl)c1/C(OCOC(=O)SCC(=O)OC)=C(\C#N)c1ccc(C(C)(C)C)cc1. The number of aromatic nitrogens is 8. The summed E-state index contributed by atoms with van der Waals surface area (Å²) in [5.74, 6) is 2.71. The maximum atomic E-state index is 11.9. The zero-order valence-electron chi connectivity index (χ0n) is 76.8. The minimum absolute atomic E-state index is 0.0126. The van der Waals surface area contributed by atoms with Crippen LogP contribution in [0.3, 0.4) is 0 Å². The monoisotopic (exact) mass is 1880 g/mol. The number of esters is 1. The van der Waals surface area contributed by atoms with Crippen LogP contribution in [0.25, 0.3) is 45.3 Å². The van der Waals surface area contributed by atoms with Crippen LogP contribution in [0.2, 0.25) is 20.1 Å². The van der Waals surface area contributed by atoms with Crippen molar-refractivity contribution in [2.24, 2.45) is 0 Å². The Balaban J connectivity index is 0.000000305. The highest BCUT2D eigenvalue weighted by Crippen LogP contribution is 2.41. The molecule has 0 aliphatic rings. The molecule has 0 spiro atoms. The van der Waals surface area contributed by atoms with Crippen molar-refractivity contribution in [2.75, 3.05) is 59.0 Å². The molecule has 0 saturated carbocycles. The fraction of sp³-hybridized carbons (Fsp3) is 0.400. The number of rotatable bonds is 30. The summed E-state index contributed by atoms with van der Waals surface area (Å²) >= 11 is 27.8. The molecule has 0 fully saturated rings. The lowest BCUT2D eigenvalue weighted by atomic mass is 9.86. The standard InChI is InChI=1S/C24H28ClN3O5S.C24H28ClN3O4.C24H26ClN3O4.C23H28ClN3O3S/c1-7-28-21(20(25)15(2)27-28)22(32-14-33-23(30)34-13-19(29)31-6)18(12-26)16-8-10-17(11-9-16)24(3,4)5;2*1-7-13-30-23(29)32-15-31-22(21-20(25)16(3)27-28(21)8-2)19(14-26)17-9-11-18(12-10-17)24(4,5)6;1-7-27-20(19(24)15(3)26-27)21(29-14-30-22(28)31-8-2)18(13-25)16-9-11-17(12-10-16)23(4,5)6/h8-11H,7,13-14H2,1-6H3;7,9-12H,1,8,13,15H2,2-6H3;1,9-12H,8,13,15H2,2-6H3;9-12H,7-8,14H2,1-6H3/b22-18-;2*22-19-;21-18-. The summed E-state index contributed by atoms with van der Waals surface area (Å²) in [5, 5.41) is 58.0. The van der Waals surface area contributed by atoms with Crippen LogP contribution in [-0.4, -0.2) is 127 Å². The van der Waals surface area contributed by atoms with Crippen molar-refractivity contribution < 1.29 is 76.1 Å². The van der Waals surface area contributed by atoms with Crippen LogP contribution in [0.4, 0.5) is 19.2 Å². The fourth-order valence-electron chi connectivity index (χ4n) is 11.8.